The van der Waals surface area contributed by atoms with Crippen LogP contribution in [0.4, 0.5) is 9.18 Å². The van der Waals surface area contributed by atoms with E-state index in [1.807, 2.05) is 12.2 Å². The van der Waals surface area contributed by atoms with Crippen molar-refractivity contribution in [3.8, 4) is 0 Å². The standard InChI is InChI=1S/C15H17FN2O4/c1-2-9-17-15(21)18-13(19)10-22-14(20)8-5-11-3-6-12(16)7-4-11/h3-8H,2,9-10H2,1H3,(H2,17,18,19,21)/b8-5+. The molecular weight excluding hydrogens is 291 g/mol. The van der Waals surface area contributed by atoms with Crippen LogP contribution < -0.4 is 10.6 Å². The third-order valence-electron chi connectivity index (χ3n) is 2.42. The Morgan fingerprint density at radius 1 is 1.23 bits per heavy atom. The van der Waals surface area contributed by atoms with Gasteiger partial charge >= 0.3 is 12.0 Å². The smallest absolute Gasteiger partial charge is 0.331 e. The molecule has 0 fully saturated rings. The number of nitrogens with one attached hydrogen (secondary N) is 2. The summed E-state index contributed by atoms with van der Waals surface area (Å²) < 4.78 is 17.3. The Bertz CT molecular complexity index is 555. The molecule has 0 radical (unpaired) electrons. The van der Waals surface area contributed by atoms with Gasteiger partial charge in [-0.3, -0.25) is 10.1 Å². The fraction of sp³-hybridized carbons (Fsp3) is 0.267. The van der Waals surface area contributed by atoms with Gasteiger partial charge < -0.3 is 10.1 Å². The molecule has 0 unspecified atom stereocenters. The molecule has 0 saturated heterocycles. The van der Waals surface area contributed by atoms with Crippen molar-refractivity contribution < 1.29 is 23.5 Å². The minimum Gasteiger partial charge on any atom is -0.452 e. The highest BCUT2D eigenvalue weighted by Gasteiger charge is 2.08. The first kappa shape index (κ1) is 17.4. The largest absolute Gasteiger partial charge is 0.452 e. The van der Waals surface area contributed by atoms with Gasteiger partial charge in [0.15, 0.2) is 6.61 Å². The van der Waals surface area contributed by atoms with Gasteiger partial charge in [-0.15, -0.1) is 0 Å². The predicted molar refractivity (Wildman–Crippen MR) is 78.2 cm³/mol. The average Bonchev–Trinajstić information content (AvgIpc) is 2.50. The van der Waals surface area contributed by atoms with Crippen molar-refractivity contribution in [2.45, 2.75) is 13.3 Å². The summed E-state index contributed by atoms with van der Waals surface area (Å²) >= 11 is 0. The summed E-state index contributed by atoms with van der Waals surface area (Å²) in [5.41, 5.74) is 0.613. The Kier molecular flexibility index (Phi) is 7.32. The summed E-state index contributed by atoms with van der Waals surface area (Å²) in [5, 5.41) is 4.46. The second-order valence-corrected chi connectivity index (χ2v) is 4.30. The Hall–Kier alpha value is -2.70. The molecule has 118 valence electrons. The lowest BCUT2D eigenvalue weighted by Gasteiger charge is -2.05. The van der Waals surface area contributed by atoms with E-state index in [-0.39, 0.29) is 5.82 Å². The fourth-order valence-electron chi connectivity index (χ4n) is 1.37. The molecule has 7 heteroatoms. The molecule has 0 atom stereocenters. The molecule has 6 nitrogen and oxygen atoms in total. The zero-order valence-electron chi connectivity index (χ0n) is 12.1. The Balaban J connectivity index is 2.31. The van der Waals surface area contributed by atoms with Crippen LogP contribution in [-0.2, 0) is 14.3 Å². The number of imide groups is 1. The van der Waals surface area contributed by atoms with Crippen LogP contribution in [0.3, 0.4) is 0 Å². The highest BCUT2D eigenvalue weighted by Crippen LogP contribution is 2.04. The lowest BCUT2D eigenvalue weighted by atomic mass is 10.2. The first-order valence-electron chi connectivity index (χ1n) is 6.69. The van der Waals surface area contributed by atoms with Crippen LogP contribution in [0, 0.1) is 5.82 Å². The average molecular weight is 308 g/mol. The van der Waals surface area contributed by atoms with Gasteiger partial charge in [0.25, 0.3) is 5.91 Å². The first-order valence-corrected chi connectivity index (χ1v) is 6.69. The molecule has 1 rings (SSSR count). The van der Waals surface area contributed by atoms with Crippen LogP contribution in [0.5, 0.6) is 0 Å². The maximum absolute atomic E-state index is 12.7. The van der Waals surface area contributed by atoms with Crippen molar-refractivity contribution in [1.82, 2.24) is 10.6 Å². The number of rotatable bonds is 6. The number of urea groups is 1. The molecule has 0 saturated carbocycles. The number of benzene rings is 1. The van der Waals surface area contributed by atoms with Crippen LogP contribution in [0.25, 0.3) is 6.08 Å². The van der Waals surface area contributed by atoms with E-state index in [4.69, 9.17) is 0 Å². The van der Waals surface area contributed by atoms with Crippen molar-refractivity contribution in [2.75, 3.05) is 13.2 Å². The van der Waals surface area contributed by atoms with E-state index in [0.29, 0.717) is 12.1 Å². The normalized spacial score (nSPS) is 10.3. The van der Waals surface area contributed by atoms with Gasteiger partial charge in [0.05, 0.1) is 0 Å². The van der Waals surface area contributed by atoms with Gasteiger partial charge in [0.2, 0.25) is 0 Å². The number of halogens is 1. The van der Waals surface area contributed by atoms with E-state index in [2.05, 4.69) is 10.1 Å². The van der Waals surface area contributed by atoms with Crippen LogP contribution in [0.1, 0.15) is 18.9 Å². The van der Waals surface area contributed by atoms with Crippen molar-refractivity contribution in [3.63, 3.8) is 0 Å². The van der Waals surface area contributed by atoms with Gasteiger partial charge in [-0.1, -0.05) is 19.1 Å². The monoisotopic (exact) mass is 308 g/mol. The minimum absolute atomic E-state index is 0.377. The third-order valence-corrected chi connectivity index (χ3v) is 2.42. The van der Waals surface area contributed by atoms with Gasteiger partial charge in [-0.25, -0.2) is 14.0 Å². The lowest BCUT2D eigenvalue weighted by molar-refractivity contribution is -0.143. The summed E-state index contributed by atoms with van der Waals surface area (Å²) in [6.07, 6.45) is 3.27. The van der Waals surface area contributed by atoms with E-state index in [1.165, 1.54) is 30.3 Å². The maximum Gasteiger partial charge on any atom is 0.331 e. The van der Waals surface area contributed by atoms with Gasteiger partial charge in [-0.2, -0.15) is 0 Å². The van der Waals surface area contributed by atoms with E-state index < -0.39 is 24.5 Å². The number of carbonyl (C=O) groups is 3. The Morgan fingerprint density at radius 2 is 1.91 bits per heavy atom. The molecule has 0 spiro atoms. The topological polar surface area (TPSA) is 84.5 Å². The van der Waals surface area contributed by atoms with Crippen LogP contribution >= 0.6 is 0 Å². The molecule has 0 heterocycles. The molecule has 0 aliphatic carbocycles. The third kappa shape index (κ3) is 7.18. The summed E-state index contributed by atoms with van der Waals surface area (Å²) in [7, 11) is 0. The fourth-order valence-corrected chi connectivity index (χ4v) is 1.37. The SMILES string of the molecule is CCCNC(=O)NC(=O)COC(=O)/C=C/c1ccc(F)cc1. The van der Waals surface area contributed by atoms with Gasteiger partial charge in [0, 0.05) is 12.6 Å². The summed E-state index contributed by atoms with van der Waals surface area (Å²) in [6, 6.07) is 4.86. The Morgan fingerprint density at radius 3 is 2.55 bits per heavy atom. The van der Waals surface area contributed by atoms with Crippen molar-refractivity contribution in [2.24, 2.45) is 0 Å². The van der Waals surface area contributed by atoms with E-state index in [0.717, 1.165) is 12.5 Å². The highest BCUT2D eigenvalue weighted by atomic mass is 19.1. The van der Waals surface area contributed by atoms with Crippen LogP contribution in [0.15, 0.2) is 30.3 Å². The van der Waals surface area contributed by atoms with Crippen LogP contribution in [0.2, 0.25) is 0 Å². The zero-order valence-corrected chi connectivity index (χ0v) is 12.1. The number of hydrogen-bond donors (Lipinski definition) is 2. The van der Waals surface area contributed by atoms with E-state index in [1.54, 1.807) is 0 Å². The molecule has 0 bridgehead atoms. The molecule has 2 N–H and O–H groups in total. The Labute approximate surface area is 127 Å². The summed E-state index contributed by atoms with van der Waals surface area (Å²) in [5.74, 6) is -1.84. The highest BCUT2D eigenvalue weighted by molar-refractivity contribution is 5.96. The van der Waals surface area contributed by atoms with Crippen molar-refractivity contribution in [1.29, 1.82) is 0 Å². The number of hydrogen-bond acceptors (Lipinski definition) is 4. The van der Waals surface area contributed by atoms with Crippen molar-refractivity contribution in [3.05, 3.63) is 41.7 Å². The molecule has 22 heavy (non-hydrogen) atoms. The molecule has 1 aromatic carbocycles. The second kappa shape index (κ2) is 9.28. The molecule has 0 aliphatic rings. The van der Waals surface area contributed by atoms with Gasteiger partial charge in [-0.05, 0) is 30.2 Å². The number of amides is 3. The summed E-state index contributed by atoms with van der Waals surface area (Å²) in [4.78, 5) is 33.9. The predicted octanol–water partition coefficient (Wildman–Crippen LogP) is 1.62. The number of carbonyl (C=O) groups excluding carboxylic acids is 3. The number of ether oxygens (including phenoxy) is 1. The second-order valence-electron chi connectivity index (χ2n) is 4.30. The molecule has 3 amide bonds. The first-order chi connectivity index (χ1) is 10.5. The minimum atomic E-state index is -0.742. The maximum atomic E-state index is 12.7. The summed E-state index contributed by atoms with van der Waals surface area (Å²) in [6.45, 7) is 1.75. The molecule has 0 aliphatic heterocycles. The molecular formula is C15H17FN2O4. The van der Waals surface area contributed by atoms with Crippen molar-refractivity contribution >= 4 is 24.0 Å². The quantitative estimate of drug-likeness (QED) is 0.618. The number of esters is 1. The zero-order chi connectivity index (χ0) is 16.4. The van der Waals surface area contributed by atoms with E-state index >= 15 is 0 Å². The lowest BCUT2D eigenvalue weighted by Crippen LogP contribution is -2.41. The molecule has 1 aromatic rings. The van der Waals surface area contributed by atoms with Gasteiger partial charge in [0.1, 0.15) is 5.82 Å². The van der Waals surface area contributed by atoms with E-state index in [9.17, 15) is 18.8 Å². The van der Waals surface area contributed by atoms with Crippen LogP contribution in [-0.4, -0.2) is 31.1 Å². The molecule has 0 aromatic heterocycles.